The monoisotopic (exact) mass is 811 g/mol. The maximum absolute atomic E-state index is 13.5. The molecule has 1 fully saturated rings. The number of rotatable bonds is 12. The zero-order valence-corrected chi connectivity index (χ0v) is 34.8. The number of halogens is 3. The van der Waals surface area contributed by atoms with E-state index in [-0.39, 0.29) is 12.6 Å². The van der Waals surface area contributed by atoms with Crippen LogP contribution >= 0.6 is 34.8 Å². The third-order valence-corrected chi connectivity index (χ3v) is 8.92. The minimum atomic E-state index is -1.77. The molecule has 0 saturated carbocycles. The summed E-state index contributed by atoms with van der Waals surface area (Å²) in [6.07, 6.45) is 2.72. The molecule has 2 aromatic rings. The summed E-state index contributed by atoms with van der Waals surface area (Å²) >= 11 is 17.0. The fourth-order valence-corrected chi connectivity index (χ4v) is 5.43. The van der Waals surface area contributed by atoms with Crippen molar-refractivity contribution in [2.24, 2.45) is 11.3 Å². The number of nitrogens with one attached hydrogen (secondary N) is 2. The quantitative estimate of drug-likeness (QED) is 0.135. The first-order valence-corrected chi connectivity index (χ1v) is 18.9. The van der Waals surface area contributed by atoms with E-state index in [2.05, 4.69) is 10.7 Å². The Hall–Kier alpha value is -3.65. The van der Waals surface area contributed by atoms with Crippen LogP contribution < -0.4 is 10.7 Å². The molecule has 1 saturated heterocycles. The third-order valence-electron chi connectivity index (χ3n) is 8.59. The van der Waals surface area contributed by atoms with E-state index in [1.54, 1.807) is 46.9 Å². The zero-order chi connectivity index (χ0) is 40.8. The summed E-state index contributed by atoms with van der Waals surface area (Å²) in [5.41, 5.74) is 3.22. The summed E-state index contributed by atoms with van der Waals surface area (Å²) in [5.74, 6) is -2.88. The van der Waals surface area contributed by atoms with Gasteiger partial charge in [-0.2, -0.15) is 0 Å². The molecule has 0 bridgehead atoms. The lowest BCUT2D eigenvalue weighted by atomic mass is 9.92. The van der Waals surface area contributed by atoms with E-state index in [9.17, 15) is 24.0 Å². The molecule has 13 nitrogen and oxygen atoms in total. The van der Waals surface area contributed by atoms with Crippen molar-refractivity contribution in [2.75, 3.05) is 20.2 Å². The number of hydrogen-bond donors (Lipinski definition) is 2. The lowest BCUT2D eigenvalue weighted by Crippen LogP contribution is -2.60. The molecule has 1 aromatic carbocycles. The summed E-state index contributed by atoms with van der Waals surface area (Å²) in [7, 11) is 1.67. The van der Waals surface area contributed by atoms with Gasteiger partial charge in [-0.15, -0.1) is 0 Å². The molecule has 298 valence electrons. The van der Waals surface area contributed by atoms with Crippen LogP contribution in [0.2, 0.25) is 0 Å². The molecular formula is C38H52Cl3N5O8. The van der Waals surface area contributed by atoms with Crippen molar-refractivity contribution in [3.63, 3.8) is 0 Å². The highest BCUT2D eigenvalue weighted by Crippen LogP contribution is 2.28. The van der Waals surface area contributed by atoms with Gasteiger partial charge in [0.2, 0.25) is 3.79 Å². The number of carbonyl (C=O) groups is 5. The molecule has 1 aliphatic rings. The highest BCUT2D eigenvalue weighted by Gasteiger charge is 2.37. The zero-order valence-electron chi connectivity index (χ0n) is 32.5. The lowest BCUT2D eigenvalue weighted by molar-refractivity contribution is -0.165. The van der Waals surface area contributed by atoms with Crippen LogP contribution in [-0.2, 0) is 33.4 Å². The maximum atomic E-state index is 13.5. The average molecular weight is 813 g/mol. The number of hydrogen-bond acceptors (Lipinski definition) is 10. The van der Waals surface area contributed by atoms with Gasteiger partial charge in [0, 0.05) is 19.0 Å². The average Bonchev–Trinajstić information content (AvgIpc) is 3.09. The van der Waals surface area contributed by atoms with Gasteiger partial charge in [0.15, 0.2) is 6.10 Å². The normalized spacial score (nSPS) is 17.1. The summed E-state index contributed by atoms with van der Waals surface area (Å²) < 4.78 is 14.5. The highest BCUT2D eigenvalue weighted by molar-refractivity contribution is 6.67. The van der Waals surface area contributed by atoms with Crippen molar-refractivity contribution in [2.45, 2.75) is 109 Å². The number of esters is 2. The van der Waals surface area contributed by atoms with Gasteiger partial charge >= 0.3 is 18.0 Å². The highest BCUT2D eigenvalue weighted by atomic mass is 35.6. The van der Waals surface area contributed by atoms with E-state index < -0.39 is 75.4 Å². The molecule has 2 N–H and O–H groups in total. The number of nitrogens with zero attached hydrogens (tertiary/aromatic N) is 3. The number of pyridine rings is 1. The Morgan fingerprint density at radius 3 is 2.30 bits per heavy atom. The van der Waals surface area contributed by atoms with Crippen LogP contribution in [0, 0.1) is 11.3 Å². The minimum Gasteiger partial charge on any atom is -0.460 e. The number of amides is 3. The Balaban J connectivity index is 1.65. The standard InChI is InChI=1S/C38H52Cl3N5O8/c1-22(2)30(31(47)42-23(3)32(48)46-19-11-12-28(44-46)33(49)52-21-38(39,40)41)53-34(50)37(8,9)18-17-25-13-14-26-15-16-27(43-29(26)20-25)24(4)45(10)35(51)54-36(5,6)7/h13-18,20,22-24,28,30,44H,11-12,19,21H2,1-10H3,(H,42,47)/b18-17+/t23-,24+,28-,30-/m0/s1. The number of carbonyl (C=O) groups excluding carboxylic acids is 5. The van der Waals surface area contributed by atoms with Crippen molar-refractivity contribution in [3.8, 4) is 0 Å². The van der Waals surface area contributed by atoms with Gasteiger partial charge in [-0.05, 0) is 84.9 Å². The number of benzene rings is 1. The van der Waals surface area contributed by atoms with Gasteiger partial charge in [0.1, 0.15) is 24.3 Å². The Labute approximate surface area is 332 Å². The first kappa shape index (κ1) is 44.7. The van der Waals surface area contributed by atoms with Crippen LogP contribution in [-0.4, -0.2) is 92.5 Å². The van der Waals surface area contributed by atoms with Crippen molar-refractivity contribution in [1.29, 1.82) is 0 Å². The Morgan fingerprint density at radius 1 is 1.04 bits per heavy atom. The van der Waals surface area contributed by atoms with Crippen molar-refractivity contribution in [3.05, 3.63) is 47.7 Å². The molecule has 3 rings (SSSR count). The Morgan fingerprint density at radius 2 is 1.69 bits per heavy atom. The molecule has 54 heavy (non-hydrogen) atoms. The summed E-state index contributed by atoms with van der Waals surface area (Å²) in [4.78, 5) is 71.5. The first-order chi connectivity index (χ1) is 24.9. The van der Waals surface area contributed by atoms with E-state index >= 15 is 0 Å². The van der Waals surface area contributed by atoms with Crippen molar-refractivity contribution < 1.29 is 38.2 Å². The van der Waals surface area contributed by atoms with Gasteiger partial charge in [-0.1, -0.05) is 79.0 Å². The van der Waals surface area contributed by atoms with Crippen LogP contribution in [0.25, 0.3) is 17.0 Å². The molecule has 2 heterocycles. The Bertz CT molecular complexity index is 1720. The summed E-state index contributed by atoms with van der Waals surface area (Å²) in [6.45, 7) is 15.5. The van der Waals surface area contributed by atoms with Gasteiger partial charge < -0.3 is 24.4 Å². The smallest absolute Gasteiger partial charge is 0.410 e. The van der Waals surface area contributed by atoms with E-state index in [4.69, 9.17) is 54.0 Å². The van der Waals surface area contributed by atoms with Gasteiger partial charge in [-0.25, -0.2) is 10.2 Å². The number of ether oxygens (including phenoxy) is 3. The molecular weight excluding hydrogens is 761 g/mol. The fourth-order valence-electron chi connectivity index (χ4n) is 5.27. The largest absolute Gasteiger partial charge is 0.460 e. The molecule has 0 aliphatic carbocycles. The SMILES string of the molecule is CC(C)[C@H](OC(=O)C(C)(C)/C=C/c1ccc2ccc([C@@H](C)N(C)C(=O)OC(C)(C)C)nc2c1)C(=O)N[C@@H](C)C(=O)N1CCC[C@@H](C(=O)OCC(Cl)(Cl)Cl)N1. The fraction of sp³-hybridized carbons (Fsp3) is 0.579. The number of aromatic nitrogens is 1. The summed E-state index contributed by atoms with van der Waals surface area (Å²) in [6, 6.07) is 7.29. The van der Waals surface area contributed by atoms with E-state index in [0.29, 0.717) is 24.1 Å². The second-order valence-corrected chi connectivity index (χ2v) is 17.9. The third kappa shape index (κ3) is 13.0. The minimum absolute atomic E-state index is 0.287. The van der Waals surface area contributed by atoms with Crippen LogP contribution in [0.5, 0.6) is 0 Å². The van der Waals surface area contributed by atoms with Crippen molar-refractivity contribution in [1.82, 2.24) is 25.6 Å². The molecule has 16 heteroatoms. The molecule has 1 aliphatic heterocycles. The van der Waals surface area contributed by atoms with E-state index in [1.165, 1.54) is 16.8 Å². The van der Waals surface area contributed by atoms with Gasteiger partial charge in [0.05, 0.1) is 22.7 Å². The summed E-state index contributed by atoms with van der Waals surface area (Å²) in [5, 5.41) is 4.79. The second kappa shape index (κ2) is 18.3. The number of hydrazine groups is 1. The number of alkyl halides is 3. The molecule has 3 amide bonds. The Kier molecular flexibility index (Phi) is 15.2. The molecule has 1 aromatic heterocycles. The van der Waals surface area contributed by atoms with E-state index in [1.807, 2.05) is 58.0 Å². The van der Waals surface area contributed by atoms with Crippen LogP contribution in [0.4, 0.5) is 4.79 Å². The van der Waals surface area contributed by atoms with Crippen molar-refractivity contribution >= 4 is 81.6 Å². The molecule has 4 atom stereocenters. The van der Waals surface area contributed by atoms with Crippen LogP contribution in [0.15, 0.2) is 36.4 Å². The molecule has 0 unspecified atom stereocenters. The second-order valence-electron chi connectivity index (χ2n) is 15.3. The molecule has 0 radical (unpaired) electrons. The predicted octanol–water partition coefficient (Wildman–Crippen LogP) is 6.68. The lowest BCUT2D eigenvalue weighted by Gasteiger charge is -2.34. The predicted molar refractivity (Wildman–Crippen MR) is 208 cm³/mol. The maximum Gasteiger partial charge on any atom is 0.410 e. The van der Waals surface area contributed by atoms with Crippen LogP contribution in [0.3, 0.4) is 0 Å². The van der Waals surface area contributed by atoms with Crippen LogP contribution in [0.1, 0.15) is 92.5 Å². The number of fused-ring (bicyclic) bond motifs is 1. The van der Waals surface area contributed by atoms with Gasteiger partial charge in [-0.3, -0.25) is 29.2 Å². The molecule has 0 spiro atoms. The topological polar surface area (TPSA) is 156 Å². The van der Waals surface area contributed by atoms with Gasteiger partial charge in [0.25, 0.3) is 11.8 Å². The first-order valence-electron chi connectivity index (χ1n) is 17.8. The van der Waals surface area contributed by atoms with E-state index in [0.717, 1.165) is 10.9 Å².